The molecule has 0 fully saturated rings. The fourth-order valence-electron chi connectivity index (χ4n) is 3.06. The highest BCUT2D eigenvalue weighted by Crippen LogP contribution is 2.26. The van der Waals surface area contributed by atoms with Gasteiger partial charge in [-0.3, -0.25) is 0 Å². The molecule has 0 aliphatic carbocycles. The van der Waals surface area contributed by atoms with Crippen LogP contribution in [0.2, 0.25) is 0 Å². The van der Waals surface area contributed by atoms with Crippen LogP contribution in [0, 0.1) is 24.6 Å². The summed E-state index contributed by atoms with van der Waals surface area (Å²) in [6, 6.07) is 11.3. The smallest absolute Gasteiger partial charge is 0.239 e. The zero-order valence-electron chi connectivity index (χ0n) is 16.8. The predicted molar refractivity (Wildman–Crippen MR) is 112 cm³/mol. The summed E-state index contributed by atoms with van der Waals surface area (Å²) in [6.07, 6.45) is 0.111. The number of hydrogen-bond acceptors (Lipinski definition) is 7. The Morgan fingerprint density at radius 3 is 2.68 bits per heavy atom. The van der Waals surface area contributed by atoms with Crippen molar-refractivity contribution in [3.63, 3.8) is 0 Å². The van der Waals surface area contributed by atoms with Gasteiger partial charge in [-0.05, 0) is 32.0 Å². The Morgan fingerprint density at radius 2 is 1.97 bits per heavy atom. The van der Waals surface area contributed by atoms with Gasteiger partial charge in [-0.25, -0.2) is 19.3 Å². The fourth-order valence-corrected chi connectivity index (χ4v) is 3.06. The van der Waals surface area contributed by atoms with Crippen molar-refractivity contribution in [2.75, 3.05) is 0 Å². The van der Waals surface area contributed by atoms with E-state index in [0.29, 0.717) is 22.3 Å². The van der Waals surface area contributed by atoms with E-state index in [2.05, 4.69) is 26.8 Å². The van der Waals surface area contributed by atoms with Crippen LogP contribution in [-0.2, 0) is 5.60 Å². The standard InChI is InChI=1S/C23H19FN4O3/c1-13-12-26-22(31-13)23(2,30)10-9-14-5-3-6-15(11-14)21-27-18-16(7-4-8-17(18)24)19(28-21)20(25)29/h3-8,11-12,20,29-30H,25H2,1-2H3. The summed E-state index contributed by atoms with van der Waals surface area (Å²) >= 11 is 0. The minimum Gasteiger partial charge on any atom is -0.442 e. The van der Waals surface area contributed by atoms with Crippen molar-refractivity contribution in [3.05, 3.63) is 77.4 Å². The summed E-state index contributed by atoms with van der Waals surface area (Å²) in [7, 11) is 0. The van der Waals surface area contributed by atoms with E-state index >= 15 is 0 Å². The minimum absolute atomic E-state index is 0.0608. The number of nitrogens with two attached hydrogens (primary N) is 1. The van der Waals surface area contributed by atoms with Gasteiger partial charge in [0.25, 0.3) is 0 Å². The number of oxazole rings is 1. The Balaban J connectivity index is 1.76. The molecule has 7 nitrogen and oxygen atoms in total. The number of aryl methyl sites for hydroxylation is 1. The van der Waals surface area contributed by atoms with E-state index in [1.165, 1.54) is 25.3 Å². The second kappa shape index (κ2) is 7.89. The van der Waals surface area contributed by atoms with E-state index in [9.17, 15) is 14.6 Å². The first-order valence-corrected chi connectivity index (χ1v) is 9.43. The average Bonchev–Trinajstić information content (AvgIpc) is 3.19. The Hall–Kier alpha value is -3.64. The fraction of sp³-hybridized carbons (Fsp3) is 0.174. The number of para-hydroxylation sites is 1. The number of benzene rings is 2. The largest absolute Gasteiger partial charge is 0.442 e. The monoisotopic (exact) mass is 418 g/mol. The topological polar surface area (TPSA) is 118 Å². The van der Waals surface area contributed by atoms with Gasteiger partial charge >= 0.3 is 0 Å². The molecule has 2 aromatic heterocycles. The first kappa shape index (κ1) is 20.6. The lowest BCUT2D eigenvalue weighted by Gasteiger charge is -2.12. The summed E-state index contributed by atoms with van der Waals surface area (Å²) in [4.78, 5) is 12.7. The molecule has 8 heteroatoms. The van der Waals surface area contributed by atoms with Gasteiger partial charge in [-0.2, -0.15) is 0 Å². The van der Waals surface area contributed by atoms with Crippen LogP contribution in [0.3, 0.4) is 0 Å². The zero-order valence-corrected chi connectivity index (χ0v) is 16.8. The van der Waals surface area contributed by atoms with Crippen molar-refractivity contribution in [3.8, 4) is 23.2 Å². The molecule has 0 saturated carbocycles. The maximum absolute atomic E-state index is 14.3. The molecule has 31 heavy (non-hydrogen) atoms. The van der Waals surface area contributed by atoms with E-state index in [1.807, 2.05) is 0 Å². The van der Waals surface area contributed by atoms with Crippen LogP contribution in [-0.4, -0.2) is 25.2 Å². The zero-order chi connectivity index (χ0) is 22.2. The van der Waals surface area contributed by atoms with Gasteiger partial charge in [0.05, 0.1) is 11.9 Å². The van der Waals surface area contributed by atoms with E-state index in [1.54, 1.807) is 37.3 Å². The van der Waals surface area contributed by atoms with E-state index < -0.39 is 17.6 Å². The van der Waals surface area contributed by atoms with E-state index in [0.717, 1.165) is 0 Å². The Labute approximate surface area is 177 Å². The lowest BCUT2D eigenvalue weighted by molar-refractivity contribution is 0.0882. The number of nitrogens with zero attached hydrogens (tertiary/aromatic N) is 3. The van der Waals surface area contributed by atoms with Crippen LogP contribution in [0.1, 0.15) is 36.1 Å². The predicted octanol–water partition coefficient (Wildman–Crippen LogP) is 2.94. The first-order chi connectivity index (χ1) is 14.7. The molecular formula is C23H19FN4O3. The molecule has 2 aromatic carbocycles. The maximum atomic E-state index is 14.3. The van der Waals surface area contributed by atoms with Crippen LogP contribution in [0.25, 0.3) is 22.3 Å². The third kappa shape index (κ3) is 4.15. The Bertz CT molecular complexity index is 1340. The third-order valence-electron chi connectivity index (χ3n) is 4.60. The van der Waals surface area contributed by atoms with Gasteiger partial charge in [-0.15, -0.1) is 0 Å². The second-order valence-electron chi connectivity index (χ2n) is 7.19. The number of halogens is 1. The highest BCUT2D eigenvalue weighted by atomic mass is 19.1. The molecule has 0 aliphatic heterocycles. The molecule has 0 spiro atoms. The van der Waals surface area contributed by atoms with Crippen LogP contribution in [0.4, 0.5) is 4.39 Å². The van der Waals surface area contributed by atoms with Gasteiger partial charge in [0, 0.05) is 16.5 Å². The third-order valence-corrected chi connectivity index (χ3v) is 4.60. The molecule has 0 radical (unpaired) electrons. The normalized spacial score (nSPS) is 14.0. The highest BCUT2D eigenvalue weighted by Gasteiger charge is 2.26. The number of aliphatic hydroxyl groups excluding tert-OH is 1. The molecule has 4 aromatic rings. The van der Waals surface area contributed by atoms with E-state index in [-0.39, 0.29) is 22.9 Å². The van der Waals surface area contributed by atoms with Crippen molar-refractivity contribution in [2.45, 2.75) is 25.7 Å². The maximum Gasteiger partial charge on any atom is 0.239 e. The SMILES string of the molecule is Cc1cnc(C(C)(O)C#Cc2cccc(-c3nc(C(N)O)c4cccc(F)c4n3)c2)o1. The van der Waals surface area contributed by atoms with Gasteiger partial charge in [-0.1, -0.05) is 36.1 Å². The van der Waals surface area contributed by atoms with Crippen LogP contribution < -0.4 is 5.73 Å². The quantitative estimate of drug-likeness (QED) is 0.346. The molecule has 2 heterocycles. The van der Waals surface area contributed by atoms with Gasteiger partial charge < -0.3 is 20.4 Å². The van der Waals surface area contributed by atoms with E-state index in [4.69, 9.17) is 10.2 Å². The lowest BCUT2D eigenvalue weighted by atomic mass is 10.1. The van der Waals surface area contributed by atoms with Crippen molar-refractivity contribution in [1.82, 2.24) is 15.0 Å². The highest BCUT2D eigenvalue weighted by molar-refractivity contribution is 5.83. The van der Waals surface area contributed by atoms with Crippen molar-refractivity contribution < 1.29 is 19.0 Å². The summed E-state index contributed by atoms with van der Waals surface area (Å²) in [5, 5.41) is 20.8. The Kier molecular flexibility index (Phi) is 5.25. The molecule has 0 amide bonds. The number of rotatable bonds is 3. The molecule has 0 bridgehead atoms. The molecule has 4 rings (SSSR count). The number of hydrogen-bond donors (Lipinski definition) is 3. The van der Waals surface area contributed by atoms with Gasteiger partial charge in [0.2, 0.25) is 5.89 Å². The van der Waals surface area contributed by atoms with Crippen molar-refractivity contribution in [2.24, 2.45) is 5.73 Å². The van der Waals surface area contributed by atoms with Gasteiger partial charge in [0.1, 0.15) is 23.3 Å². The van der Waals surface area contributed by atoms with Gasteiger partial charge in [0.15, 0.2) is 11.4 Å². The number of fused-ring (bicyclic) bond motifs is 1. The molecule has 0 saturated heterocycles. The first-order valence-electron chi connectivity index (χ1n) is 9.43. The summed E-state index contributed by atoms with van der Waals surface area (Å²) < 4.78 is 19.7. The van der Waals surface area contributed by atoms with Crippen LogP contribution in [0.15, 0.2) is 53.1 Å². The number of aromatic nitrogens is 3. The molecule has 0 aliphatic rings. The van der Waals surface area contributed by atoms with Crippen LogP contribution in [0.5, 0.6) is 0 Å². The molecule has 4 N–H and O–H groups in total. The molecule has 2 atom stereocenters. The van der Waals surface area contributed by atoms with Crippen molar-refractivity contribution in [1.29, 1.82) is 0 Å². The second-order valence-corrected chi connectivity index (χ2v) is 7.19. The minimum atomic E-state index is -1.58. The lowest BCUT2D eigenvalue weighted by Crippen LogP contribution is -2.18. The summed E-state index contributed by atoms with van der Waals surface area (Å²) in [5.41, 5.74) is 5.35. The average molecular weight is 418 g/mol. The molecule has 2 unspecified atom stereocenters. The molecule has 156 valence electrons. The molecular weight excluding hydrogens is 399 g/mol. The summed E-state index contributed by atoms with van der Waals surface area (Å²) in [6.45, 7) is 3.21. The van der Waals surface area contributed by atoms with Crippen LogP contribution >= 0.6 is 0 Å². The number of aliphatic hydroxyl groups is 2. The van der Waals surface area contributed by atoms with Crippen molar-refractivity contribution >= 4 is 10.9 Å². The Morgan fingerprint density at radius 1 is 1.19 bits per heavy atom. The summed E-state index contributed by atoms with van der Waals surface area (Å²) in [5.74, 6) is 5.94.